The molecule has 0 bridgehead atoms. The first-order valence-electron chi connectivity index (χ1n) is 5.90. The molecule has 0 amide bonds. The van der Waals surface area contributed by atoms with E-state index in [9.17, 15) is 4.39 Å². The van der Waals surface area contributed by atoms with Gasteiger partial charge in [0.05, 0.1) is 0 Å². The van der Waals surface area contributed by atoms with Crippen LogP contribution in [0.15, 0.2) is 42.5 Å². The second-order valence-electron chi connectivity index (χ2n) is 4.15. The van der Waals surface area contributed by atoms with Crippen LogP contribution in [0, 0.1) is 5.82 Å². The van der Waals surface area contributed by atoms with E-state index >= 15 is 0 Å². The van der Waals surface area contributed by atoms with E-state index in [1.54, 1.807) is 11.3 Å². The molecular formula is C15H16FNS. The maximum absolute atomic E-state index is 12.8. The molecule has 0 aliphatic carbocycles. The number of rotatable bonds is 4. The lowest BCUT2D eigenvalue weighted by Crippen LogP contribution is -2.17. The fraction of sp³-hybridized carbons (Fsp3) is 0.200. The molecule has 2 aromatic rings. The third-order valence-corrected chi connectivity index (χ3v) is 3.86. The largest absolute Gasteiger partial charge is 0.314 e. The maximum atomic E-state index is 12.8. The first-order valence-corrected chi connectivity index (χ1v) is 6.72. The summed E-state index contributed by atoms with van der Waals surface area (Å²) in [5.41, 5.74) is 1.06. The van der Waals surface area contributed by atoms with Crippen molar-refractivity contribution in [3.05, 3.63) is 53.2 Å². The van der Waals surface area contributed by atoms with Crippen LogP contribution in [0.3, 0.4) is 0 Å². The van der Waals surface area contributed by atoms with Crippen LogP contribution in [0.1, 0.15) is 11.8 Å². The highest BCUT2D eigenvalue weighted by Gasteiger charge is 2.01. The smallest absolute Gasteiger partial charge is 0.123 e. The zero-order valence-corrected chi connectivity index (χ0v) is 11.3. The van der Waals surface area contributed by atoms with Crippen molar-refractivity contribution in [3.63, 3.8) is 0 Å². The fourth-order valence-corrected chi connectivity index (χ4v) is 2.47. The predicted octanol–water partition coefficient (Wildman–Crippen LogP) is 4.18. The average molecular weight is 261 g/mol. The van der Waals surface area contributed by atoms with Crippen molar-refractivity contribution in [2.24, 2.45) is 0 Å². The molecule has 2 rings (SSSR count). The quantitative estimate of drug-likeness (QED) is 0.870. The Morgan fingerprint density at radius 3 is 2.56 bits per heavy atom. The lowest BCUT2D eigenvalue weighted by Gasteiger charge is -2.00. The van der Waals surface area contributed by atoms with Crippen LogP contribution >= 0.6 is 11.3 Å². The number of likely N-dealkylation sites (N-methyl/N-ethyl adjacent to an activating group) is 1. The Kier molecular flexibility index (Phi) is 4.28. The Balaban J connectivity index is 2.15. The van der Waals surface area contributed by atoms with Gasteiger partial charge in [0.2, 0.25) is 0 Å². The van der Waals surface area contributed by atoms with Crippen LogP contribution in [-0.2, 0) is 0 Å². The summed E-state index contributed by atoms with van der Waals surface area (Å²) < 4.78 is 12.8. The van der Waals surface area contributed by atoms with E-state index in [4.69, 9.17) is 0 Å². The summed E-state index contributed by atoms with van der Waals surface area (Å²) in [5, 5.41) is 3.16. The molecule has 3 heteroatoms. The van der Waals surface area contributed by atoms with E-state index in [0.29, 0.717) is 6.04 Å². The predicted molar refractivity (Wildman–Crippen MR) is 77.3 cm³/mol. The number of hydrogen-bond donors (Lipinski definition) is 1. The molecule has 0 saturated heterocycles. The number of halogens is 1. The lowest BCUT2D eigenvalue weighted by molar-refractivity contribution is 0.628. The van der Waals surface area contributed by atoms with Gasteiger partial charge in [-0.1, -0.05) is 18.2 Å². The van der Waals surface area contributed by atoms with Crippen molar-refractivity contribution in [1.82, 2.24) is 5.32 Å². The highest BCUT2D eigenvalue weighted by atomic mass is 32.1. The van der Waals surface area contributed by atoms with Gasteiger partial charge >= 0.3 is 0 Å². The number of benzene rings is 1. The topological polar surface area (TPSA) is 12.0 Å². The molecule has 94 valence electrons. The highest BCUT2D eigenvalue weighted by Crippen LogP contribution is 2.28. The summed E-state index contributed by atoms with van der Waals surface area (Å²) in [6.07, 6.45) is 4.24. The zero-order valence-electron chi connectivity index (χ0n) is 10.5. The minimum Gasteiger partial charge on any atom is -0.314 e. The fourth-order valence-electron chi connectivity index (χ4n) is 1.55. The molecule has 1 nitrogen and oxygen atoms in total. The first-order chi connectivity index (χ1) is 8.69. The Morgan fingerprint density at radius 2 is 1.89 bits per heavy atom. The summed E-state index contributed by atoms with van der Waals surface area (Å²) >= 11 is 1.71. The lowest BCUT2D eigenvalue weighted by atomic mass is 10.2. The van der Waals surface area contributed by atoms with Crippen molar-refractivity contribution < 1.29 is 4.39 Å². The van der Waals surface area contributed by atoms with Crippen molar-refractivity contribution in [2.45, 2.75) is 13.0 Å². The van der Waals surface area contributed by atoms with Gasteiger partial charge in [-0.25, -0.2) is 4.39 Å². The Bertz CT molecular complexity index is 528. The van der Waals surface area contributed by atoms with Crippen LogP contribution in [-0.4, -0.2) is 13.1 Å². The first kappa shape index (κ1) is 13.0. The van der Waals surface area contributed by atoms with Crippen LogP contribution in [0.25, 0.3) is 16.5 Å². The van der Waals surface area contributed by atoms with Gasteiger partial charge in [-0.3, -0.25) is 0 Å². The van der Waals surface area contributed by atoms with E-state index in [1.807, 2.05) is 19.2 Å². The second kappa shape index (κ2) is 5.94. The van der Waals surface area contributed by atoms with Gasteiger partial charge in [0.25, 0.3) is 0 Å². The molecule has 1 N–H and O–H groups in total. The molecule has 0 aliphatic heterocycles. The summed E-state index contributed by atoms with van der Waals surface area (Å²) in [6.45, 7) is 2.10. The van der Waals surface area contributed by atoms with Gasteiger partial charge in [0, 0.05) is 15.8 Å². The van der Waals surface area contributed by atoms with Gasteiger partial charge in [0.15, 0.2) is 0 Å². The maximum Gasteiger partial charge on any atom is 0.123 e. The summed E-state index contributed by atoms with van der Waals surface area (Å²) in [6, 6.07) is 11.1. The van der Waals surface area contributed by atoms with Crippen molar-refractivity contribution >= 4 is 17.4 Å². The zero-order chi connectivity index (χ0) is 13.0. The Labute approximate surface area is 111 Å². The van der Waals surface area contributed by atoms with Crippen LogP contribution < -0.4 is 5.32 Å². The summed E-state index contributed by atoms with van der Waals surface area (Å²) in [5.74, 6) is -0.196. The second-order valence-corrected chi connectivity index (χ2v) is 5.26. The van der Waals surface area contributed by atoms with E-state index < -0.39 is 0 Å². The van der Waals surface area contributed by atoms with Crippen molar-refractivity contribution in [3.8, 4) is 10.4 Å². The summed E-state index contributed by atoms with van der Waals surface area (Å²) in [4.78, 5) is 2.36. The molecule has 0 spiro atoms. The molecule has 0 fully saturated rings. The normalized spacial score (nSPS) is 13.1. The van der Waals surface area contributed by atoms with Crippen LogP contribution in [0.2, 0.25) is 0 Å². The van der Waals surface area contributed by atoms with E-state index in [2.05, 4.69) is 36.5 Å². The SMILES string of the molecule is CNC(C)/C=C/c1ccc(-c2ccc(F)cc2)s1. The Morgan fingerprint density at radius 1 is 1.17 bits per heavy atom. The molecule has 1 aromatic carbocycles. The van der Waals surface area contributed by atoms with E-state index in [0.717, 1.165) is 10.4 Å². The monoisotopic (exact) mass is 261 g/mol. The van der Waals surface area contributed by atoms with E-state index in [-0.39, 0.29) is 5.82 Å². The number of nitrogens with one attached hydrogen (secondary N) is 1. The molecule has 1 heterocycles. The Hall–Kier alpha value is -1.45. The molecule has 0 aliphatic rings. The van der Waals surface area contributed by atoms with Gasteiger partial charge in [-0.05, 0) is 49.9 Å². The van der Waals surface area contributed by atoms with Gasteiger partial charge < -0.3 is 5.32 Å². The van der Waals surface area contributed by atoms with E-state index in [1.165, 1.54) is 17.0 Å². The van der Waals surface area contributed by atoms with Gasteiger partial charge in [-0.2, -0.15) is 0 Å². The summed E-state index contributed by atoms with van der Waals surface area (Å²) in [7, 11) is 1.94. The average Bonchev–Trinajstić information content (AvgIpc) is 2.85. The van der Waals surface area contributed by atoms with Gasteiger partial charge in [0.1, 0.15) is 5.82 Å². The molecule has 0 saturated carbocycles. The molecular weight excluding hydrogens is 245 g/mol. The minimum atomic E-state index is -0.196. The minimum absolute atomic E-state index is 0.196. The highest BCUT2D eigenvalue weighted by molar-refractivity contribution is 7.16. The third-order valence-electron chi connectivity index (χ3n) is 2.76. The third kappa shape index (κ3) is 3.28. The number of thiophene rings is 1. The molecule has 1 aromatic heterocycles. The van der Waals surface area contributed by atoms with Gasteiger partial charge in [-0.15, -0.1) is 11.3 Å². The molecule has 1 atom stereocenters. The molecule has 0 radical (unpaired) electrons. The van der Waals surface area contributed by atoms with Crippen molar-refractivity contribution in [1.29, 1.82) is 0 Å². The molecule has 1 unspecified atom stereocenters. The van der Waals surface area contributed by atoms with Crippen LogP contribution in [0.5, 0.6) is 0 Å². The van der Waals surface area contributed by atoms with Crippen LogP contribution in [0.4, 0.5) is 4.39 Å². The molecule has 18 heavy (non-hydrogen) atoms. The van der Waals surface area contributed by atoms with Crippen molar-refractivity contribution in [2.75, 3.05) is 7.05 Å². The standard InChI is InChI=1S/C15H16FNS/c1-11(17-2)3-8-14-9-10-15(18-14)12-4-6-13(16)7-5-12/h3-11,17H,1-2H3/b8-3+. The number of hydrogen-bond acceptors (Lipinski definition) is 2.